The van der Waals surface area contributed by atoms with Gasteiger partial charge in [-0.3, -0.25) is 0 Å². The molecule has 0 aromatic heterocycles. The molecule has 2 aromatic rings. The Morgan fingerprint density at radius 3 is 2.17 bits per heavy atom. The Labute approximate surface area is 111 Å². The van der Waals surface area contributed by atoms with Crippen molar-refractivity contribution in [2.75, 3.05) is 0 Å². The van der Waals surface area contributed by atoms with Crippen LogP contribution < -0.4 is 0 Å². The van der Waals surface area contributed by atoms with E-state index in [1.165, 1.54) is 18.3 Å². The van der Waals surface area contributed by atoms with Crippen molar-refractivity contribution in [2.24, 2.45) is 4.40 Å². The summed E-state index contributed by atoms with van der Waals surface area (Å²) in [5.74, 6) is 0. The van der Waals surface area contributed by atoms with Crippen LogP contribution in [0.3, 0.4) is 0 Å². The lowest BCUT2D eigenvalue weighted by Gasteiger charge is -1.97. The van der Waals surface area contributed by atoms with Gasteiger partial charge in [0.05, 0.1) is 4.90 Å². The fourth-order valence-corrected chi connectivity index (χ4v) is 2.34. The number of halogens is 1. The van der Waals surface area contributed by atoms with Crippen LogP contribution in [0, 0.1) is 0 Å². The quantitative estimate of drug-likeness (QED) is 0.810. The zero-order valence-electron chi connectivity index (χ0n) is 9.32. The molecule has 5 heteroatoms. The van der Waals surface area contributed by atoms with Gasteiger partial charge in [-0.25, -0.2) is 0 Å². The second-order valence-corrected chi connectivity index (χ2v) is 5.64. The molecule has 92 valence electrons. The third-order valence-electron chi connectivity index (χ3n) is 2.25. The molecule has 0 amide bonds. The maximum absolute atomic E-state index is 11.8. The smallest absolute Gasteiger partial charge is 0.199 e. The first kappa shape index (κ1) is 12.8. The molecular formula is C13H10ClNO2S. The third kappa shape index (κ3) is 3.18. The molecule has 2 aromatic carbocycles. The Kier molecular flexibility index (Phi) is 3.79. The van der Waals surface area contributed by atoms with Crippen molar-refractivity contribution in [1.29, 1.82) is 0 Å². The van der Waals surface area contributed by atoms with Gasteiger partial charge in [-0.05, 0) is 29.8 Å². The van der Waals surface area contributed by atoms with Gasteiger partial charge in [0.1, 0.15) is 0 Å². The van der Waals surface area contributed by atoms with Gasteiger partial charge < -0.3 is 0 Å². The van der Waals surface area contributed by atoms with Crippen LogP contribution in [-0.2, 0) is 10.0 Å². The van der Waals surface area contributed by atoms with E-state index in [0.717, 1.165) is 0 Å². The second-order valence-electron chi connectivity index (χ2n) is 3.57. The lowest BCUT2D eigenvalue weighted by atomic mass is 10.2. The van der Waals surface area contributed by atoms with Gasteiger partial charge in [-0.1, -0.05) is 41.9 Å². The first-order chi connectivity index (χ1) is 8.58. The highest BCUT2D eigenvalue weighted by Crippen LogP contribution is 2.12. The Balaban J connectivity index is 2.26. The summed E-state index contributed by atoms with van der Waals surface area (Å²) in [6.07, 6.45) is 1.30. The van der Waals surface area contributed by atoms with Crippen LogP contribution in [0.4, 0.5) is 0 Å². The Morgan fingerprint density at radius 2 is 1.56 bits per heavy atom. The number of hydrogen-bond donors (Lipinski definition) is 0. The van der Waals surface area contributed by atoms with Crippen LogP contribution in [0.15, 0.2) is 63.9 Å². The first-order valence-electron chi connectivity index (χ1n) is 5.19. The van der Waals surface area contributed by atoms with Gasteiger partial charge in [-0.15, -0.1) is 0 Å². The second kappa shape index (κ2) is 5.33. The Hall–Kier alpha value is -1.65. The normalized spacial score (nSPS) is 11.8. The van der Waals surface area contributed by atoms with Crippen molar-refractivity contribution in [3.63, 3.8) is 0 Å². The predicted molar refractivity (Wildman–Crippen MR) is 72.7 cm³/mol. The monoisotopic (exact) mass is 279 g/mol. The van der Waals surface area contributed by atoms with Gasteiger partial charge >= 0.3 is 0 Å². The van der Waals surface area contributed by atoms with E-state index < -0.39 is 10.0 Å². The zero-order chi connectivity index (χ0) is 13.0. The molecule has 3 nitrogen and oxygen atoms in total. The van der Waals surface area contributed by atoms with E-state index in [1.54, 1.807) is 42.5 Å². The average molecular weight is 280 g/mol. The highest BCUT2D eigenvalue weighted by Gasteiger charge is 2.09. The van der Waals surface area contributed by atoms with Crippen molar-refractivity contribution < 1.29 is 8.42 Å². The minimum Gasteiger partial charge on any atom is -0.199 e. The van der Waals surface area contributed by atoms with Crippen molar-refractivity contribution in [1.82, 2.24) is 0 Å². The average Bonchev–Trinajstić information content (AvgIpc) is 2.39. The van der Waals surface area contributed by atoms with Crippen LogP contribution in [0.2, 0.25) is 5.02 Å². The van der Waals surface area contributed by atoms with Crippen LogP contribution in [-0.4, -0.2) is 14.6 Å². The number of rotatable bonds is 3. The van der Waals surface area contributed by atoms with E-state index in [2.05, 4.69) is 4.40 Å². The molecule has 0 radical (unpaired) electrons. The molecule has 0 saturated carbocycles. The summed E-state index contributed by atoms with van der Waals surface area (Å²) in [5, 5.41) is 0.595. The summed E-state index contributed by atoms with van der Waals surface area (Å²) < 4.78 is 27.3. The summed E-state index contributed by atoms with van der Waals surface area (Å²) in [6.45, 7) is 0. The first-order valence-corrected chi connectivity index (χ1v) is 7.01. The fourth-order valence-electron chi connectivity index (χ4n) is 1.33. The molecule has 0 spiro atoms. The van der Waals surface area contributed by atoms with Gasteiger partial charge in [-0.2, -0.15) is 12.8 Å². The maximum atomic E-state index is 11.8. The van der Waals surface area contributed by atoms with Crippen LogP contribution in [0.25, 0.3) is 0 Å². The molecule has 0 N–H and O–H groups in total. The van der Waals surface area contributed by atoms with E-state index in [0.29, 0.717) is 10.6 Å². The topological polar surface area (TPSA) is 46.5 Å². The van der Waals surface area contributed by atoms with E-state index >= 15 is 0 Å². The maximum Gasteiger partial charge on any atom is 0.282 e. The van der Waals surface area contributed by atoms with Crippen LogP contribution in [0.1, 0.15) is 5.56 Å². The molecule has 0 saturated heterocycles. The van der Waals surface area contributed by atoms with Crippen LogP contribution >= 0.6 is 11.6 Å². The van der Waals surface area contributed by atoms with E-state index in [4.69, 9.17) is 11.6 Å². The summed E-state index contributed by atoms with van der Waals surface area (Å²) in [4.78, 5) is 0.176. The molecule has 0 atom stereocenters. The summed E-state index contributed by atoms with van der Waals surface area (Å²) in [6, 6.07) is 14.8. The van der Waals surface area contributed by atoms with E-state index in [9.17, 15) is 8.42 Å². The summed E-state index contributed by atoms with van der Waals surface area (Å²) in [7, 11) is -3.63. The molecule has 0 unspecified atom stereocenters. The van der Waals surface area contributed by atoms with Gasteiger partial charge in [0.2, 0.25) is 0 Å². The SMILES string of the molecule is O=S(=O)(N=Cc1ccc(Cl)cc1)c1ccccc1. The van der Waals surface area contributed by atoms with Gasteiger partial charge in [0.15, 0.2) is 0 Å². The molecule has 0 aliphatic carbocycles. The lowest BCUT2D eigenvalue weighted by molar-refractivity contribution is 0.598. The number of sulfonamides is 1. The highest BCUT2D eigenvalue weighted by molar-refractivity contribution is 7.90. The fraction of sp³-hybridized carbons (Fsp3) is 0. The van der Waals surface area contributed by atoms with E-state index in [-0.39, 0.29) is 4.90 Å². The Bertz CT molecular complexity index is 649. The Morgan fingerprint density at radius 1 is 0.944 bits per heavy atom. The largest absolute Gasteiger partial charge is 0.282 e. The number of hydrogen-bond acceptors (Lipinski definition) is 2. The van der Waals surface area contributed by atoms with Crippen molar-refractivity contribution in [3.8, 4) is 0 Å². The molecular weight excluding hydrogens is 270 g/mol. The standard InChI is InChI=1S/C13H10ClNO2S/c14-12-8-6-11(7-9-12)10-15-18(16,17)13-4-2-1-3-5-13/h1-10H. The highest BCUT2D eigenvalue weighted by atomic mass is 35.5. The van der Waals surface area contributed by atoms with Crippen molar-refractivity contribution >= 4 is 27.8 Å². The molecule has 0 bridgehead atoms. The van der Waals surface area contributed by atoms with Gasteiger partial charge in [0.25, 0.3) is 10.0 Å². The van der Waals surface area contributed by atoms with Crippen molar-refractivity contribution in [3.05, 3.63) is 65.2 Å². The van der Waals surface area contributed by atoms with E-state index in [1.807, 2.05) is 0 Å². The molecule has 2 rings (SSSR count). The number of benzene rings is 2. The summed E-state index contributed by atoms with van der Waals surface area (Å²) >= 11 is 5.73. The molecule has 18 heavy (non-hydrogen) atoms. The van der Waals surface area contributed by atoms with Gasteiger partial charge in [0, 0.05) is 11.2 Å². The minimum atomic E-state index is -3.63. The van der Waals surface area contributed by atoms with Crippen molar-refractivity contribution in [2.45, 2.75) is 4.90 Å². The molecule has 0 aliphatic heterocycles. The summed E-state index contributed by atoms with van der Waals surface area (Å²) in [5.41, 5.74) is 0.680. The van der Waals surface area contributed by atoms with Crippen LogP contribution in [0.5, 0.6) is 0 Å². The minimum absolute atomic E-state index is 0.176. The third-order valence-corrected chi connectivity index (χ3v) is 3.75. The predicted octanol–water partition coefficient (Wildman–Crippen LogP) is 3.15. The molecule has 0 aliphatic rings. The number of nitrogens with zero attached hydrogens (tertiary/aromatic N) is 1. The lowest BCUT2D eigenvalue weighted by Crippen LogP contribution is -1.97. The molecule has 0 heterocycles. The zero-order valence-corrected chi connectivity index (χ0v) is 10.9. The molecule has 0 fully saturated rings.